The minimum Gasteiger partial charge on any atom is -0.292 e. The van der Waals surface area contributed by atoms with Crippen LogP contribution < -0.4 is 0 Å². The molecule has 3 nitrogen and oxygen atoms in total. The number of aromatic nitrogens is 3. The Balaban J connectivity index is 1.28. The first-order valence-electron chi connectivity index (χ1n) is 16.7. The Bertz CT molecular complexity index is 2870. The molecule has 0 fully saturated rings. The van der Waals surface area contributed by atoms with Gasteiger partial charge in [0, 0.05) is 32.8 Å². The van der Waals surface area contributed by atoms with Crippen LogP contribution in [0.1, 0.15) is 0 Å². The molecule has 0 unspecified atom stereocenters. The molecule has 0 radical (unpaired) electrons. The van der Waals surface area contributed by atoms with Gasteiger partial charge in [-0.05, 0) is 69.4 Å². The van der Waals surface area contributed by atoms with Gasteiger partial charge in [-0.25, -0.2) is 9.97 Å². The van der Waals surface area contributed by atoms with Crippen molar-refractivity contribution in [3.63, 3.8) is 0 Å². The van der Waals surface area contributed by atoms with E-state index in [4.69, 9.17) is 9.97 Å². The Morgan fingerprint density at radius 3 is 1.96 bits per heavy atom. The molecule has 2 heterocycles. The molecule has 0 atom stereocenters. The van der Waals surface area contributed by atoms with Gasteiger partial charge >= 0.3 is 0 Å². The summed E-state index contributed by atoms with van der Waals surface area (Å²) in [5.74, 6) is 0.911. The molecule has 0 aliphatic heterocycles. The largest absolute Gasteiger partial charge is 0.292 e. The van der Waals surface area contributed by atoms with Gasteiger partial charge in [-0.3, -0.25) is 4.57 Å². The fraction of sp³-hybridized carbons (Fsp3) is 0. The zero-order valence-electron chi connectivity index (χ0n) is 26.6. The highest BCUT2D eigenvalue weighted by Crippen LogP contribution is 2.41. The van der Waals surface area contributed by atoms with E-state index in [2.05, 4.69) is 180 Å². The highest BCUT2D eigenvalue weighted by Gasteiger charge is 2.20. The highest BCUT2D eigenvalue weighted by molar-refractivity contribution is 6.17. The molecule has 0 aliphatic rings. The van der Waals surface area contributed by atoms with Crippen LogP contribution >= 0.6 is 0 Å². The van der Waals surface area contributed by atoms with Crippen LogP contribution in [0.5, 0.6) is 0 Å². The number of benzene rings is 8. The third-order valence-corrected chi connectivity index (χ3v) is 9.75. The van der Waals surface area contributed by atoms with E-state index < -0.39 is 0 Å². The van der Waals surface area contributed by atoms with Gasteiger partial charge in [0.15, 0.2) is 0 Å². The van der Waals surface area contributed by atoms with Crippen molar-refractivity contribution in [3.8, 4) is 39.3 Å². The molecule has 0 saturated carbocycles. The monoisotopic (exact) mass is 623 g/mol. The first-order valence-corrected chi connectivity index (χ1v) is 16.7. The molecule has 0 spiro atoms. The lowest BCUT2D eigenvalue weighted by Crippen LogP contribution is -1.99. The summed E-state index contributed by atoms with van der Waals surface area (Å²) >= 11 is 0. The van der Waals surface area contributed by atoms with Crippen molar-refractivity contribution in [2.75, 3.05) is 0 Å². The summed E-state index contributed by atoms with van der Waals surface area (Å²) in [5.41, 5.74) is 10.8. The molecule has 2 aromatic heterocycles. The van der Waals surface area contributed by atoms with E-state index in [1.807, 2.05) is 0 Å². The summed E-state index contributed by atoms with van der Waals surface area (Å²) in [6.45, 7) is 0. The smallest absolute Gasteiger partial charge is 0.146 e. The van der Waals surface area contributed by atoms with E-state index in [-0.39, 0.29) is 0 Å². The van der Waals surface area contributed by atoms with Gasteiger partial charge in [-0.2, -0.15) is 0 Å². The number of rotatable bonds is 4. The minimum atomic E-state index is 0.911. The van der Waals surface area contributed by atoms with Crippen molar-refractivity contribution in [2.45, 2.75) is 0 Å². The summed E-state index contributed by atoms with van der Waals surface area (Å²) in [5, 5.41) is 6.98. The number of fused-ring (bicyclic) bond motifs is 7. The van der Waals surface area contributed by atoms with Crippen molar-refractivity contribution in [1.29, 1.82) is 0 Å². The fourth-order valence-electron chi connectivity index (χ4n) is 7.46. The van der Waals surface area contributed by atoms with Crippen molar-refractivity contribution >= 4 is 54.4 Å². The normalized spacial score (nSPS) is 11.7. The van der Waals surface area contributed by atoms with Gasteiger partial charge < -0.3 is 0 Å². The number of nitrogens with zero attached hydrogens (tertiary/aromatic N) is 3. The Kier molecular flexibility index (Phi) is 6.18. The molecular weight excluding hydrogens is 595 g/mol. The van der Waals surface area contributed by atoms with Gasteiger partial charge in [0.25, 0.3) is 0 Å². The predicted molar refractivity (Wildman–Crippen MR) is 205 cm³/mol. The van der Waals surface area contributed by atoms with Gasteiger partial charge in [0.1, 0.15) is 5.82 Å². The van der Waals surface area contributed by atoms with Crippen molar-refractivity contribution in [1.82, 2.24) is 14.5 Å². The lowest BCUT2D eigenvalue weighted by molar-refractivity contribution is 1.10. The Hall–Kier alpha value is -6.58. The maximum Gasteiger partial charge on any atom is 0.146 e. The molecule has 8 aromatic carbocycles. The maximum atomic E-state index is 5.43. The lowest BCUT2D eigenvalue weighted by atomic mass is 9.91. The summed E-state index contributed by atoms with van der Waals surface area (Å²) in [4.78, 5) is 10.7. The standard InChI is InChI=1S/C46H29N3/c1-3-12-30(13-4-1)37-27-26-33(29-40(37)46-47-41-20-9-10-21-42(41)49(46)36-16-5-2-6-17-36)38-19-11-15-32-23-25-35-28-34-24-22-31-14-7-8-18-39(31)44(34)48-45(35)43(32)38/h1-29H. The van der Waals surface area contributed by atoms with Crippen LogP contribution in [-0.4, -0.2) is 14.5 Å². The molecule has 0 N–H and O–H groups in total. The van der Waals surface area contributed by atoms with Crippen molar-refractivity contribution in [3.05, 3.63) is 176 Å². The molecule has 228 valence electrons. The quantitative estimate of drug-likeness (QED) is 0.144. The zero-order chi connectivity index (χ0) is 32.3. The third kappa shape index (κ3) is 4.44. The van der Waals surface area contributed by atoms with E-state index >= 15 is 0 Å². The maximum absolute atomic E-state index is 5.43. The van der Waals surface area contributed by atoms with Crippen LogP contribution in [0, 0.1) is 0 Å². The summed E-state index contributed by atoms with van der Waals surface area (Å²) in [6.07, 6.45) is 0. The van der Waals surface area contributed by atoms with E-state index in [1.165, 1.54) is 16.2 Å². The first kappa shape index (κ1) is 27.5. The average Bonchev–Trinajstić information content (AvgIpc) is 3.57. The first-order chi connectivity index (χ1) is 24.3. The Morgan fingerprint density at radius 2 is 1.08 bits per heavy atom. The van der Waals surface area contributed by atoms with Crippen LogP contribution in [0.4, 0.5) is 0 Å². The van der Waals surface area contributed by atoms with E-state index in [0.717, 1.165) is 77.6 Å². The number of pyridine rings is 1. The minimum absolute atomic E-state index is 0.911. The van der Waals surface area contributed by atoms with E-state index in [0.29, 0.717) is 0 Å². The summed E-state index contributed by atoms with van der Waals surface area (Å²) in [7, 11) is 0. The zero-order valence-corrected chi connectivity index (χ0v) is 26.6. The Morgan fingerprint density at radius 1 is 0.388 bits per heavy atom. The van der Waals surface area contributed by atoms with Crippen LogP contribution in [-0.2, 0) is 0 Å². The highest BCUT2D eigenvalue weighted by atomic mass is 15.1. The molecule has 3 heteroatoms. The summed E-state index contributed by atoms with van der Waals surface area (Å²) < 4.78 is 2.29. The van der Waals surface area contributed by atoms with Crippen LogP contribution in [0.2, 0.25) is 0 Å². The van der Waals surface area contributed by atoms with Crippen molar-refractivity contribution in [2.24, 2.45) is 0 Å². The predicted octanol–water partition coefficient (Wildman–Crippen LogP) is 12.0. The lowest BCUT2D eigenvalue weighted by Gasteiger charge is -2.16. The van der Waals surface area contributed by atoms with Crippen LogP contribution in [0.3, 0.4) is 0 Å². The topological polar surface area (TPSA) is 30.7 Å². The number of para-hydroxylation sites is 3. The molecule has 0 bridgehead atoms. The van der Waals surface area contributed by atoms with Gasteiger partial charge in [-0.1, -0.05) is 140 Å². The second-order valence-electron chi connectivity index (χ2n) is 12.6. The van der Waals surface area contributed by atoms with Crippen molar-refractivity contribution < 1.29 is 0 Å². The van der Waals surface area contributed by atoms with E-state index in [1.54, 1.807) is 0 Å². The number of imidazole rings is 1. The van der Waals surface area contributed by atoms with E-state index in [9.17, 15) is 0 Å². The SMILES string of the molecule is c1ccc(-c2ccc(-c3cccc4ccc5cc6ccc7ccccc7c6nc5c34)cc2-c2nc3ccccc3n2-c2ccccc2)cc1. The molecule has 0 aliphatic carbocycles. The Labute approximate surface area is 283 Å². The second kappa shape index (κ2) is 11.0. The van der Waals surface area contributed by atoms with Gasteiger partial charge in [-0.15, -0.1) is 0 Å². The molecular formula is C46H29N3. The van der Waals surface area contributed by atoms with Crippen LogP contribution in [0.25, 0.3) is 93.7 Å². The molecule has 49 heavy (non-hydrogen) atoms. The number of hydrogen-bond acceptors (Lipinski definition) is 2. The second-order valence-corrected chi connectivity index (χ2v) is 12.6. The van der Waals surface area contributed by atoms with Gasteiger partial charge in [0.05, 0.1) is 22.1 Å². The molecule has 0 amide bonds. The number of hydrogen-bond donors (Lipinski definition) is 0. The third-order valence-electron chi connectivity index (χ3n) is 9.75. The molecule has 10 rings (SSSR count). The van der Waals surface area contributed by atoms with Crippen LogP contribution in [0.15, 0.2) is 176 Å². The summed E-state index contributed by atoms with van der Waals surface area (Å²) in [6, 6.07) is 62.6. The fourth-order valence-corrected chi connectivity index (χ4v) is 7.46. The van der Waals surface area contributed by atoms with Gasteiger partial charge in [0.2, 0.25) is 0 Å². The molecule has 0 saturated heterocycles. The molecule has 10 aromatic rings. The average molecular weight is 624 g/mol.